The number of benzene rings is 2. The molecule has 1 aliphatic heterocycles. The highest BCUT2D eigenvalue weighted by molar-refractivity contribution is 5.96. The standard InChI is InChI=1S/C21H24N2O3/c1-16-11-13-23(14-12-16)21(25)17-7-9-18(10-8-17)22-20(24)15-26-19-5-3-2-4-6-19/h2-10,16H,11-15H2,1H3,(H,22,24). The van der Waals surface area contributed by atoms with Gasteiger partial charge in [-0.3, -0.25) is 9.59 Å². The van der Waals surface area contributed by atoms with Crippen LogP contribution in [-0.4, -0.2) is 36.4 Å². The van der Waals surface area contributed by atoms with Crippen molar-refractivity contribution in [3.05, 3.63) is 60.2 Å². The van der Waals surface area contributed by atoms with Crippen molar-refractivity contribution in [1.29, 1.82) is 0 Å². The zero-order chi connectivity index (χ0) is 18.4. The molecular weight excluding hydrogens is 328 g/mol. The molecule has 0 spiro atoms. The molecule has 0 bridgehead atoms. The van der Waals surface area contributed by atoms with Crippen molar-refractivity contribution in [3.8, 4) is 5.75 Å². The van der Waals surface area contributed by atoms with Crippen LogP contribution in [0.1, 0.15) is 30.1 Å². The van der Waals surface area contributed by atoms with Crippen LogP contribution in [0.4, 0.5) is 5.69 Å². The maximum Gasteiger partial charge on any atom is 0.262 e. The highest BCUT2D eigenvalue weighted by atomic mass is 16.5. The van der Waals surface area contributed by atoms with E-state index in [2.05, 4.69) is 12.2 Å². The number of piperidine rings is 1. The molecule has 136 valence electrons. The highest BCUT2D eigenvalue weighted by Gasteiger charge is 2.21. The number of ether oxygens (including phenoxy) is 1. The van der Waals surface area contributed by atoms with Crippen LogP contribution in [0.3, 0.4) is 0 Å². The number of hydrogen-bond donors (Lipinski definition) is 1. The number of likely N-dealkylation sites (tertiary alicyclic amines) is 1. The Morgan fingerprint density at radius 2 is 1.69 bits per heavy atom. The second-order valence-electron chi connectivity index (χ2n) is 6.70. The molecule has 5 heteroatoms. The van der Waals surface area contributed by atoms with Gasteiger partial charge in [0.05, 0.1) is 0 Å². The third-order valence-electron chi connectivity index (χ3n) is 4.60. The monoisotopic (exact) mass is 352 g/mol. The lowest BCUT2D eigenvalue weighted by molar-refractivity contribution is -0.118. The molecule has 0 radical (unpaired) electrons. The van der Waals surface area contributed by atoms with E-state index in [0.29, 0.717) is 22.9 Å². The van der Waals surface area contributed by atoms with Gasteiger partial charge in [0.15, 0.2) is 6.61 Å². The first kappa shape index (κ1) is 18.0. The number of para-hydroxylation sites is 1. The summed E-state index contributed by atoms with van der Waals surface area (Å²) in [5.74, 6) is 1.16. The fraction of sp³-hybridized carbons (Fsp3) is 0.333. The minimum atomic E-state index is -0.238. The zero-order valence-electron chi connectivity index (χ0n) is 15.0. The lowest BCUT2D eigenvalue weighted by Gasteiger charge is -2.30. The SMILES string of the molecule is CC1CCN(C(=O)c2ccc(NC(=O)COc3ccccc3)cc2)CC1. The molecule has 1 saturated heterocycles. The molecule has 5 nitrogen and oxygen atoms in total. The summed E-state index contributed by atoms with van der Waals surface area (Å²) in [6.45, 7) is 3.79. The number of nitrogens with one attached hydrogen (secondary N) is 1. The van der Waals surface area contributed by atoms with Crippen LogP contribution in [-0.2, 0) is 4.79 Å². The van der Waals surface area contributed by atoms with Crippen molar-refractivity contribution in [2.75, 3.05) is 25.0 Å². The summed E-state index contributed by atoms with van der Waals surface area (Å²) in [6.07, 6.45) is 2.11. The molecule has 1 aliphatic rings. The predicted molar refractivity (Wildman–Crippen MR) is 101 cm³/mol. The van der Waals surface area contributed by atoms with Crippen molar-refractivity contribution < 1.29 is 14.3 Å². The number of hydrogen-bond acceptors (Lipinski definition) is 3. The number of carbonyl (C=O) groups is 2. The van der Waals surface area contributed by atoms with Crippen molar-refractivity contribution >= 4 is 17.5 Å². The molecule has 1 heterocycles. The maximum absolute atomic E-state index is 12.5. The lowest BCUT2D eigenvalue weighted by atomic mass is 9.98. The fourth-order valence-electron chi connectivity index (χ4n) is 2.95. The van der Waals surface area contributed by atoms with Crippen LogP contribution < -0.4 is 10.1 Å². The van der Waals surface area contributed by atoms with Crippen molar-refractivity contribution in [2.45, 2.75) is 19.8 Å². The third kappa shape index (κ3) is 4.85. The molecule has 0 atom stereocenters. The second kappa shape index (κ2) is 8.52. The summed E-state index contributed by atoms with van der Waals surface area (Å²) in [4.78, 5) is 26.4. The molecule has 0 unspecified atom stereocenters. The Bertz CT molecular complexity index is 736. The topological polar surface area (TPSA) is 58.6 Å². The summed E-state index contributed by atoms with van der Waals surface area (Å²) in [5, 5.41) is 2.77. The summed E-state index contributed by atoms with van der Waals surface area (Å²) in [7, 11) is 0. The van der Waals surface area contributed by atoms with Crippen LogP contribution in [0.15, 0.2) is 54.6 Å². The Hall–Kier alpha value is -2.82. The molecule has 2 amide bonds. The first-order valence-corrected chi connectivity index (χ1v) is 8.99. The van der Waals surface area contributed by atoms with Crippen LogP contribution >= 0.6 is 0 Å². The maximum atomic E-state index is 12.5. The number of rotatable bonds is 5. The summed E-state index contributed by atoms with van der Waals surface area (Å²) < 4.78 is 5.42. The molecule has 0 saturated carbocycles. The van der Waals surface area contributed by atoms with Crippen LogP contribution in [0.25, 0.3) is 0 Å². The number of nitrogens with zero attached hydrogens (tertiary/aromatic N) is 1. The van der Waals surface area contributed by atoms with Gasteiger partial charge in [0.2, 0.25) is 0 Å². The Morgan fingerprint density at radius 3 is 2.35 bits per heavy atom. The molecule has 2 aromatic carbocycles. The summed E-state index contributed by atoms with van der Waals surface area (Å²) in [6, 6.07) is 16.2. The number of anilines is 1. The lowest BCUT2D eigenvalue weighted by Crippen LogP contribution is -2.37. The van der Waals surface area contributed by atoms with Crippen LogP contribution in [0.5, 0.6) is 5.75 Å². The molecule has 0 aromatic heterocycles. The molecule has 26 heavy (non-hydrogen) atoms. The third-order valence-corrected chi connectivity index (χ3v) is 4.60. The Kier molecular flexibility index (Phi) is 5.89. The average molecular weight is 352 g/mol. The van der Waals surface area contributed by atoms with Crippen LogP contribution in [0, 0.1) is 5.92 Å². The highest BCUT2D eigenvalue weighted by Crippen LogP contribution is 2.19. The second-order valence-corrected chi connectivity index (χ2v) is 6.70. The molecule has 1 fully saturated rings. The van der Waals surface area contributed by atoms with Crippen molar-refractivity contribution in [3.63, 3.8) is 0 Å². The van der Waals surface area contributed by atoms with Gasteiger partial charge in [-0.25, -0.2) is 0 Å². The molecular formula is C21H24N2O3. The van der Waals surface area contributed by atoms with Crippen molar-refractivity contribution in [2.24, 2.45) is 5.92 Å². The Labute approximate surface area is 154 Å². The Morgan fingerprint density at radius 1 is 1.04 bits per heavy atom. The predicted octanol–water partition coefficient (Wildman–Crippen LogP) is 3.58. The van der Waals surface area contributed by atoms with E-state index in [1.807, 2.05) is 23.1 Å². The van der Waals surface area contributed by atoms with Gasteiger partial charge < -0.3 is 15.0 Å². The smallest absolute Gasteiger partial charge is 0.262 e. The van der Waals surface area contributed by atoms with E-state index in [9.17, 15) is 9.59 Å². The minimum Gasteiger partial charge on any atom is -0.484 e. The molecule has 3 rings (SSSR count). The van der Waals surface area contributed by atoms with Gasteiger partial charge in [0.1, 0.15) is 5.75 Å². The fourth-order valence-corrected chi connectivity index (χ4v) is 2.95. The first-order valence-electron chi connectivity index (χ1n) is 8.99. The van der Waals surface area contributed by atoms with Crippen LogP contribution in [0.2, 0.25) is 0 Å². The van der Waals surface area contributed by atoms with Gasteiger partial charge >= 0.3 is 0 Å². The van der Waals surface area contributed by atoms with E-state index in [-0.39, 0.29) is 18.4 Å². The van der Waals surface area contributed by atoms with Gasteiger partial charge in [0, 0.05) is 24.3 Å². The first-order chi connectivity index (χ1) is 12.6. The largest absolute Gasteiger partial charge is 0.484 e. The van der Waals surface area contributed by atoms with E-state index in [1.54, 1.807) is 36.4 Å². The van der Waals surface area contributed by atoms with E-state index < -0.39 is 0 Å². The minimum absolute atomic E-state index is 0.0576. The van der Waals surface area contributed by atoms with Gasteiger partial charge in [-0.1, -0.05) is 25.1 Å². The quantitative estimate of drug-likeness (QED) is 0.895. The zero-order valence-corrected chi connectivity index (χ0v) is 15.0. The number of amides is 2. The Balaban J connectivity index is 1.51. The molecule has 1 N–H and O–H groups in total. The summed E-state index contributed by atoms with van der Waals surface area (Å²) >= 11 is 0. The molecule has 0 aliphatic carbocycles. The van der Waals surface area contributed by atoms with E-state index in [0.717, 1.165) is 25.9 Å². The normalized spacial score (nSPS) is 14.7. The van der Waals surface area contributed by atoms with E-state index >= 15 is 0 Å². The van der Waals surface area contributed by atoms with Gasteiger partial charge in [-0.15, -0.1) is 0 Å². The van der Waals surface area contributed by atoms with Crippen molar-refractivity contribution in [1.82, 2.24) is 4.90 Å². The average Bonchev–Trinajstić information content (AvgIpc) is 2.68. The molecule has 2 aromatic rings. The van der Waals surface area contributed by atoms with E-state index in [1.165, 1.54) is 0 Å². The van der Waals surface area contributed by atoms with E-state index in [4.69, 9.17) is 4.74 Å². The van der Waals surface area contributed by atoms with Gasteiger partial charge in [0.25, 0.3) is 11.8 Å². The van der Waals surface area contributed by atoms with Gasteiger partial charge in [-0.05, 0) is 55.2 Å². The number of carbonyl (C=O) groups excluding carboxylic acids is 2. The summed E-state index contributed by atoms with van der Waals surface area (Å²) in [5.41, 5.74) is 1.30. The van der Waals surface area contributed by atoms with Gasteiger partial charge in [-0.2, -0.15) is 0 Å².